The Hall–Kier alpha value is -3.36. The first-order valence-electron chi connectivity index (χ1n) is 11.2. The van der Waals surface area contributed by atoms with E-state index in [0.29, 0.717) is 12.8 Å². The highest BCUT2D eigenvalue weighted by Gasteiger charge is 2.35. The van der Waals surface area contributed by atoms with E-state index in [1.54, 1.807) is 0 Å². The topological polar surface area (TPSA) is 9.23 Å². The van der Waals surface area contributed by atoms with E-state index in [4.69, 9.17) is 0 Å². The summed E-state index contributed by atoms with van der Waals surface area (Å²) in [6.07, 6.45) is -0.915. The first-order chi connectivity index (χ1) is 17.0. The van der Waals surface area contributed by atoms with Gasteiger partial charge in [-0.1, -0.05) is 31.2 Å². The fourth-order valence-corrected chi connectivity index (χ4v) is 4.27. The third-order valence-corrected chi connectivity index (χ3v) is 6.30. The number of ether oxygens (including phenoxy) is 1. The van der Waals surface area contributed by atoms with Crippen LogP contribution in [-0.4, -0.2) is 0 Å². The minimum Gasteiger partial charge on any atom is -0.429 e. The molecule has 1 aliphatic carbocycles. The minimum atomic E-state index is -4.08. The molecule has 0 aliphatic heterocycles. The molecule has 0 saturated heterocycles. The second kappa shape index (κ2) is 9.95. The van der Waals surface area contributed by atoms with E-state index >= 15 is 0 Å². The number of alkyl halides is 2. The van der Waals surface area contributed by atoms with Gasteiger partial charge in [-0.2, -0.15) is 8.78 Å². The molecule has 9 heteroatoms. The summed E-state index contributed by atoms with van der Waals surface area (Å²) in [5, 5.41) is 0. The third kappa shape index (κ3) is 4.96. The standard InChI is InChI=1S/C27H20F8O/c1-2-14-3-8-19(21(28)11-14)20-10-9-18(24(31)25(20)32)15-4-6-16(7-5-15)27(34,35)36-17-12-22(29)26(33)23(30)13-17/h4-7,9-14,19H,2-3,8H2,1H3. The van der Waals surface area contributed by atoms with Crippen molar-refractivity contribution in [1.82, 2.24) is 0 Å². The van der Waals surface area contributed by atoms with Gasteiger partial charge in [0.2, 0.25) is 0 Å². The molecule has 0 radical (unpaired) electrons. The highest BCUT2D eigenvalue weighted by Crippen LogP contribution is 2.41. The van der Waals surface area contributed by atoms with Crippen LogP contribution in [0, 0.1) is 35.0 Å². The van der Waals surface area contributed by atoms with Gasteiger partial charge in [-0.25, -0.2) is 26.3 Å². The molecule has 0 spiro atoms. The van der Waals surface area contributed by atoms with Crippen LogP contribution in [0.4, 0.5) is 35.1 Å². The van der Waals surface area contributed by atoms with Gasteiger partial charge in [-0.15, -0.1) is 0 Å². The second-order valence-electron chi connectivity index (χ2n) is 8.58. The molecule has 0 bridgehead atoms. The Morgan fingerprint density at radius 1 is 0.806 bits per heavy atom. The number of allylic oxidation sites excluding steroid dienone is 2. The number of rotatable bonds is 6. The summed E-state index contributed by atoms with van der Waals surface area (Å²) >= 11 is 0. The molecule has 1 aliphatic rings. The predicted molar refractivity (Wildman–Crippen MR) is 118 cm³/mol. The van der Waals surface area contributed by atoms with Gasteiger partial charge in [0.1, 0.15) is 11.6 Å². The number of hydrogen-bond donors (Lipinski definition) is 0. The Morgan fingerprint density at radius 3 is 2.03 bits per heavy atom. The van der Waals surface area contributed by atoms with Crippen LogP contribution in [0.5, 0.6) is 5.75 Å². The van der Waals surface area contributed by atoms with Gasteiger partial charge in [0.05, 0.1) is 5.56 Å². The van der Waals surface area contributed by atoms with Gasteiger partial charge in [-0.3, -0.25) is 0 Å². The van der Waals surface area contributed by atoms with Crippen molar-refractivity contribution in [2.75, 3.05) is 0 Å². The van der Waals surface area contributed by atoms with Crippen LogP contribution in [0.1, 0.15) is 43.2 Å². The minimum absolute atomic E-state index is 0.0511. The molecule has 2 atom stereocenters. The lowest BCUT2D eigenvalue weighted by Crippen LogP contribution is -2.22. The summed E-state index contributed by atoms with van der Waals surface area (Å²) in [6, 6.07) is 6.98. The molecule has 0 fully saturated rings. The van der Waals surface area contributed by atoms with E-state index in [1.807, 2.05) is 6.92 Å². The molecule has 0 N–H and O–H groups in total. The smallest absolute Gasteiger partial charge is 0.426 e. The van der Waals surface area contributed by atoms with Crippen LogP contribution in [-0.2, 0) is 6.11 Å². The van der Waals surface area contributed by atoms with Crippen LogP contribution < -0.4 is 4.74 Å². The summed E-state index contributed by atoms with van der Waals surface area (Å²) in [4.78, 5) is 0. The van der Waals surface area contributed by atoms with E-state index in [2.05, 4.69) is 4.74 Å². The van der Waals surface area contributed by atoms with Crippen molar-refractivity contribution in [2.24, 2.45) is 5.92 Å². The van der Waals surface area contributed by atoms with Gasteiger partial charge in [0.15, 0.2) is 29.1 Å². The second-order valence-corrected chi connectivity index (χ2v) is 8.58. The molecular weight excluding hydrogens is 492 g/mol. The van der Waals surface area contributed by atoms with Crippen molar-refractivity contribution < 1.29 is 39.9 Å². The molecule has 0 amide bonds. The van der Waals surface area contributed by atoms with E-state index in [9.17, 15) is 35.1 Å². The molecule has 1 nitrogen and oxygen atoms in total. The normalized spacial score (nSPS) is 18.2. The zero-order valence-corrected chi connectivity index (χ0v) is 18.9. The van der Waals surface area contributed by atoms with Gasteiger partial charge in [0.25, 0.3) is 0 Å². The van der Waals surface area contributed by atoms with E-state index in [1.165, 1.54) is 18.2 Å². The Bertz CT molecular complexity index is 1280. The Morgan fingerprint density at radius 2 is 1.44 bits per heavy atom. The fourth-order valence-electron chi connectivity index (χ4n) is 4.27. The predicted octanol–water partition coefficient (Wildman–Crippen LogP) is 8.93. The molecule has 36 heavy (non-hydrogen) atoms. The van der Waals surface area contributed by atoms with Crippen LogP contribution in [0.3, 0.4) is 0 Å². The molecule has 0 saturated carbocycles. The number of hydrogen-bond acceptors (Lipinski definition) is 1. The molecule has 3 aromatic carbocycles. The summed E-state index contributed by atoms with van der Waals surface area (Å²) in [6.45, 7) is 1.92. The molecule has 0 heterocycles. The van der Waals surface area contributed by atoms with Gasteiger partial charge >= 0.3 is 6.11 Å². The zero-order chi connectivity index (χ0) is 26.2. The fraction of sp³-hybridized carbons (Fsp3) is 0.259. The average Bonchev–Trinajstić information content (AvgIpc) is 2.84. The van der Waals surface area contributed by atoms with E-state index < -0.39 is 58.3 Å². The van der Waals surface area contributed by atoms with Crippen molar-refractivity contribution in [3.63, 3.8) is 0 Å². The monoisotopic (exact) mass is 512 g/mol. The van der Waals surface area contributed by atoms with Crippen molar-refractivity contribution in [3.05, 3.63) is 101 Å². The van der Waals surface area contributed by atoms with Crippen molar-refractivity contribution in [3.8, 4) is 16.9 Å². The van der Waals surface area contributed by atoms with E-state index in [-0.39, 0.29) is 34.7 Å². The van der Waals surface area contributed by atoms with Crippen molar-refractivity contribution >= 4 is 0 Å². The zero-order valence-electron chi connectivity index (χ0n) is 18.9. The third-order valence-electron chi connectivity index (χ3n) is 6.30. The van der Waals surface area contributed by atoms with Crippen molar-refractivity contribution in [1.29, 1.82) is 0 Å². The maximum Gasteiger partial charge on any atom is 0.426 e. The number of benzene rings is 3. The highest BCUT2D eigenvalue weighted by molar-refractivity contribution is 5.65. The Balaban J connectivity index is 1.58. The van der Waals surface area contributed by atoms with Gasteiger partial charge < -0.3 is 4.74 Å². The van der Waals surface area contributed by atoms with Crippen LogP contribution in [0.15, 0.2) is 60.4 Å². The Labute approximate surface area is 202 Å². The lowest BCUT2D eigenvalue weighted by Gasteiger charge is -2.25. The summed E-state index contributed by atoms with van der Waals surface area (Å²) in [5.41, 5.74) is -1.04. The van der Waals surface area contributed by atoms with Gasteiger partial charge in [0, 0.05) is 29.2 Å². The largest absolute Gasteiger partial charge is 0.429 e. The summed E-state index contributed by atoms with van der Waals surface area (Å²) in [7, 11) is 0. The quantitative estimate of drug-likeness (QED) is 0.237. The lowest BCUT2D eigenvalue weighted by atomic mass is 9.82. The first-order valence-corrected chi connectivity index (χ1v) is 11.2. The maximum atomic E-state index is 14.9. The van der Waals surface area contributed by atoms with Gasteiger partial charge in [-0.05, 0) is 49.0 Å². The van der Waals surface area contributed by atoms with E-state index in [0.717, 1.165) is 30.7 Å². The number of halogens is 8. The molecule has 0 aromatic heterocycles. The van der Waals surface area contributed by atoms with Crippen LogP contribution in [0.2, 0.25) is 0 Å². The lowest BCUT2D eigenvalue weighted by molar-refractivity contribution is -0.185. The maximum absolute atomic E-state index is 14.9. The Kier molecular flexibility index (Phi) is 7.11. The first kappa shape index (κ1) is 25.7. The molecule has 4 rings (SSSR count). The molecule has 2 unspecified atom stereocenters. The summed E-state index contributed by atoms with van der Waals surface area (Å²) in [5.74, 6) is -9.99. The molecule has 3 aromatic rings. The molecule has 190 valence electrons. The molecular formula is C27H20F8O. The van der Waals surface area contributed by atoms with Crippen LogP contribution in [0.25, 0.3) is 11.1 Å². The highest BCUT2D eigenvalue weighted by atomic mass is 19.3. The van der Waals surface area contributed by atoms with Crippen molar-refractivity contribution in [2.45, 2.75) is 38.2 Å². The SMILES string of the molecule is CCC1C=C(F)C(c2ccc(-c3ccc(C(F)(F)Oc4cc(F)c(F)c(F)c4)cc3)c(F)c2F)CC1. The average molecular weight is 512 g/mol. The van der Waals surface area contributed by atoms with Crippen LogP contribution >= 0.6 is 0 Å². The summed E-state index contributed by atoms with van der Waals surface area (Å²) < 4.78 is 117.